The first-order valence-corrected chi connectivity index (χ1v) is 9.05. The Morgan fingerprint density at radius 3 is 2.50 bits per heavy atom. The zero-order valence-corrected chi connectivity index (χ0v) is 15.0. The maximum absolute atomic E-state index is 12.5. The summed E-state index contributed by atoms with van der Waals surface area (Å²) >= 11 is 0. The molecule has 0 amide bonds. The largest absolute Gasteiger partial charge is 0.493 e. The highest BCUT2D eigenvalue weighted by Gasteiger charge is 2.17. The average Bonchev–Trinajstić information content (AvgIpc) is 3.15. The molecule has 0 spiro atoms. The van der Waals surface area contributed by atoms with Crippen molar-refractivity contribution in [2.45, 2.75) is 11.4 Å². The molecule has 0 atom stereocenters. The van der Waals surface area contributed by atoms with Crippen LogP contribution in [0.25, 0.3) is 5.69 Å². The van der Waals surface area contributed by atoms with Crippen molar-refractivity contribution < 1.29 is 17.9 Å². The Hall–Kier alpha value is -2.98. The summed E-state index contributed by atoms with van der Waals surface area (Å²) in [5.74, 6) is 0.783. The van der Waals surface area contributed by atoms with Gasteiger partial charge in [0.05, 0.1) is 43.2 Å². The highest BCUT2D eigenvalue weighted by molar-refractivity contribution is 7.89. The third-order valence-electron chi connectivity index (χ3n) is 3.58. The molecule has 0 saturated carbocycles. The SMILES string of the molecule is COc1ccc(S(=O)(=O)NCc2cn(-c3ccncc3)nn2)cc1OC. The van der Waals surface area contributed by atoms with Gasteiger partial charge in [-0.3, -0.25) is 4.98 Å². The van der Waals surface area contributed by atoms with E-state index in [4.69, 9.17) is 9.47 Å². The highest BCUT2D eigenvalue weighted by atomic mass is 32.2. The van der Waals surface area contributed by atoms with Gasteiger partial charge in [0.25, 0.3) is 0 Å². The number of hydrogen-bond donors (Lipinski definition) is 1. The molecule has 10 heteroatoms. The van der Waals surface area contributed by atoms with Gasteiger partial charge in [-0.2, -0.15) is 0 Å². The maximum atomic E-state index is 12.5. The van der Waals surface area contributed by atoms with Gasteiger partial charge in [0.1, 0.15) is 0 Å². The fourth-order valence-electron chi connectivity index (χ4n) is 2.24. The Morgan fingerprint density at radius 1 is 1.08 bits per heavy atom. The summed E-state index contributed by atoms with van der Waals surface area (Å²) in [5.41, 5.74) is 1.26. The van der Waals surface area contributed by atoms with Crippen LogP contribution in [0, 0.1) is 0 Å². The second kappa shape index (κ2) is 7.50. The smallest absolute Gasteiger partial charge is 0.241 e. The minimum Gasteiger partial charge on any atom is -0.493 e. The highest BCUT2D eigenvalue weighted by Crippen LogP contribution is 2.29. The van der Waals surface area contributed by atoms with Crippen LogP contribution in [0.4, 0.5) is 0 Å². The molecule has 26 heavy (non-hydrogen) atoms. The van der Waals surface area contributed by atoms with Crippen molar-refractivity contribution in [2.75, 3.05) is 14.2 Å². The minimum absolute atomic E-state index is 0.00175. The predicted octanol–water partition coefficient (Wildman–Crippen LogP) is 1.16. The lowest BCUT2D eigenvalue weighted by atomic mass is 10.3. The quantitative estimate of drug-likeness (QED) is 0.660. The van der Waals surface area contributed by atoms with Crippen molar-refractivity contribution in [1.29, 1.82) is 0 Å². The van der Waals surface area contributed by atoms with E-state index >= 15 is 0 Å². The lowest BCUT2D eigenvalue weighted by molar-refractivity contribution is 0.354. The van der Waals surface area contributed by atoms with E-state index < -0.39 is 10.0 Å². The van der Waals surface area contributed by atoms with Crippen molar-refractivity contribution in [3.05, 3.63) is 54.6 Å². The molecule has 1 N–H and O–H groups in total. The van der Waals surface area contributed by atoms with Crippen LogP contribution in [-0.2, 0) is 16.6 Å². The van der Waals surface area contributed by atoms with Crippen molar-refractivity contribution in [3.8, 4) is 17.2 Å². The molecule has 0 unspecified atom stereocenters. The van der Waals surface area contributed by atoms with E-state index in [2.05, 4.69) is 20.0 Å². The monoisotopic (exact) mass is 375 g/mol. The van der Waals surface area contributed by atoms with Crippen LogP contribution < -0.4 is 14.2 Å². The van der Waals surface area contributed by atoms with Crippen molar-refractivity contribution in [1.82, 2.24) is 24.7 Å². The predicted molar refractivity (Wildman–Crippen MR) is 92.7 cm³/mol. The number of nitrogens with zero attached hydrogens (tertiary/aromatic N) is 4. The summed E-state index contributed by atoms with van der Waals surface area (Å²) in [6.45, 7) is 0.00175. The lowest BCUT2D eigenvalue weighted by Crippen LogP contribution is -2.23. The van der Waals surface area contributed by atoms with Crippen molar-refractivity contribution >= 4 is 10.0 Å². The Labute approximate surface area is 150 Å². The van der Waals surface area contributed by atoms with Crippen LogP contribution >= 0.6 is 0 Å². The fraction of sp³-hybridized carbons (Fsp3) is 0.188. The second-order valence-corrected chi connectivity index (χ2v) is 6.97. The van der Waals surface area contributed by atoms with Gasteiger partial charge in [0.15, 0.2) is 11.5 Å². The maximum Gasteiger partial charge on any atom is 0.241 e. The van der Waals surface area contributed by atoms with Crippen LogP contribution in [0.3, 0.4) is 0 Å². The van der Waals surface area contributed by atoms with Gasteiger partial charge in [0, 0.05) is 18.5 Å². The van der Waals surface area contributed by atoms with E-state index in [1.807, 2.05) is 0 Å². The molecule has 2 heterocycles. The molecule has 0 saturated heterocycles. The number of ether oxygens (including phenoxy) is 2. The number of nitrogens with one attached hydrogen (secondary N) is 1. The molecular formula is C16H17N5O4S. The number of hydrogen-bond acceptors (Lipinski definition) is 7. The lowest BCUT2D eigenvalue weighted by Gasteiger charge is -2.10. The fourth-order valence-corrected chi connectivity index (χ4v) is 3.25. The van der Waals surface area contributed by atoms with E-state index in [1.165, 1.54) is 32.4 Å². The third kappa shape index (κ3) is 3.81. The molecule has 0 fully saturated rings. The Bertz CT molecular complexity index is 989. The number of pyridine rings is 1. The molecule has 1 aromatic carbocycles. The van der Waals surface area contributed by atoms with Gasteiger partial charge in [-0.25, -0.2) is 17.8 Å². The molecular weight excluding hydrogens is 358 g/mol. The number of methoxy groups -OCH3 is 2. The molecule has 0 aliphatic carbocycles. The first kappa shape index (κ1) is 17.8. The molecule has 0 bridgehead atoms. The van der Waals surface area contributed by atoms with Gasteiger partial charge in [-0.05, 0) is 24.3 Å². The normalized spacial score (nSPS) is 11.3. The van der Waals surface area contributed by atoms with Crippen LogP contribution in [0.1, 0.15) is 5.69 Å². The molecule has 9 nitrogen and oxygen atoms in total. The van der Waals surface area contributed by atoms with E-state index in [1.54, 1.807) is 35.4 Å². The number of benzene rings is 1. The molecule has 136 valence electrons. The van der Waals surface area contributed by atoms with Crippen LogP contribution in [0.2, 0.25) is 0 Å². The molecule has 0 aliphatic rings. The summed E-state index contributed by atoms with van der Waals surface area (Å²) in [6, 6.07) is 7.91. The van der Waals surface area contributed by atoms with Crippen LogP contribution in [-0.4, -0.2) is 42.6 Å². The third-order valence-corrected chi connectivity index (χ3v) is 4.98. The zero-order valence-electron chi connectivity index (χ0n) is 14.2. The second-order valence-electron chi connectivity index (χ2n) is 5.20. The van der Waals surface area contributed by atoms with Gasteiger partial charge >= 0.3 is 0 Å². The minimum atomic E-state index is -3.74. The number of rotatable bonds is 7. The van der Waals surface area contributed by atoms with E-state index in [9.17, 15) is 8.42 Å². The summed E-state index contributed by atoms with van der Waals surface area (Å²) in [7, 11) is -0.818. The van der Waals surface area contributed by atoms with E-state index in [-0.39, 0.29) is 11.4 Å². The first-order chi connectivity index (χ1) is 12.5. The molecule has 3 rings (SSSR count). The average molecular weight is 375 g/mol. The molecule has 0 radical (unpaired) electrons. The molecule has 3 aromatic rings. The van der Waals surface area contributed by atoms with E-state index in [0.717, 1.165) is 5.69 Å². The Morgan fingerprint density at radius 2 is 1.81 bits per heavy atom. The van der Waals surface area contributed by atoms with Gasteiger partial charge in [0.2, 0.25) is 10.0 Å². The van der Waals surface area contributed by atoms with Gasteiger partial charge in [-0.1, -0.05) is 5.21 Å². The van der Waals surface area contributed by atoms with Gasteiger partial charge in [-0.15, -0.1) is 5.10 Å². The van der Waals surface area contributed by atoms with Crippen LogP contribution in [0.15, 0.2) is 53.8 Å². The summed E-state index contributed by atoms with van der Waals surface area (Å²) in [6.07, 6.45) is 4.92. The van der Waals surface area contributed by atoms with Crippen molar-refractivity contribution in [2.24, 2.45) is 0 Å². The number of aromatic nitrogens is 4. The first-order valence-electron chi connectivity index (χ1n) is 7.57. The van der Waals surface area contributed by atoms with Crippen molar-refractivity contribution in [3.63, 3.8) is 0 Å². The zero-order chi connectivity index (χ0) is 18.6. The van der Waals surface area contributed by atoms with E-state index in [0.29, 0.717) is 17.2 Å². The molecule has 2 aromatic heterocycles. The summed E-state index contributed by atoms with van der Waals surface area (Å²) in [4.78, 5) is 4.00. The standard InChI is InChI=1S/C16H17N5O4S/c1-24-15-4-3-14(9-16(15)25-2)26(22,23)18-10-12-11-21(20-19-12)13-5-7-17-8-6-13/h3-9,11,18H,10H2,1-2H3. The Balaban J connectivity index is 1.74. The van der Waals surface area contributed by atoms with Gasteiger partial charge < -0.3 is 9.47 Å². The number of sulfonamides is 1. The molecule has 0 aliphatic heterocycles. The van der Waals surface area contributed by atoms with Crippen LogP contribution in [0.5, 0.6) is 11.5 Å². The summed E-state index contributed by atoms with van der Waals surface area (Å²) in [5, 5.41) is 7.95. The summed E-state index contributed by atoms with van der Waals surface area (Å²) < 4.78 is 39.2. The topological polar surface area (TPSA) is 108 Å². The Kier molecular flexibility index (Phi) is 5.14.